The van der Waals surface area contributed by atoms with Crippen molar-refractivity contribution in [1.82, 2.24) is 20.1 Å². The summed E-state index contributed by atoms with van der Waals surface area (Å²) in [5, 5.41) is 7.01. The van der Waals surface area contributed by atoms with E-state index in [0.29, 0.717) is 19.0 Å². The molecule has 7 heteroatoms. The first kappa shape index (κ1) is 19.6. The van der Waals surface area contributed by atoms with Gasteiger partial charge in [-0.15, -0.1) is 0 Å². The third-order valence-corrected chi connectivity index (χ3v) is 7.00. The maximum atomic E-state index is 12.1. The van der Waals surface area contributed by atoms with Gasteiger partial charge >= 0.3 is 6.03 Å². The monoisotopic (exact) mass is 409 g/mol. The Balaban J connectivity index is 1.24. The molecule has 7 nitrogen and oxygen atoms in total. The van der Waals surface area contributed by atoms with Gasteiger partial charge in [0, 0.05) is 61.4 Å². The number of aromatic nitrogens is 1. The molecule has 3 fully saturated rings. The molecule has 3 saturated heterocycles. The molecule has 30 heavy (non-hydrogen) atoms. The third kappa shape index (κ3) is 3.96. The average Bonchev–Trinajstić information content (AvgIpc) is 3.18. The van der Waals surface area contributed by atoms with E-state index in [1.165, 1.54) is 63.9 Å². The van der Waals surface area contributed by atoms with Gasteiger partial charge in [0.15, 0.2) is 0 Å². The lowest BCUT2D eigenvalue weighted by Crippen LogP contribution is -2.49. The predicted octanol–water partition coefficient (Wildman–Crippen LogP) is 2.72. The van der Waals surface area contributed by atoms with Gasteiger partial charge in [0.1, 0.15) is 0 Å². The van der Waals surface area contributed by atoms with Crippen LogP contribution in [-0.2, 0) is 4.79 Å². The maximum absolute atomic E-state index is 12.1. The van der Waals surface area contributed by atoms with Gasteiger partial charge in [0.25, 0.3) is 0 Å². The number of benzene rings is 1. The lowest BCUT2D eigenvalue weighted by molar-refractivity contribution is -0.120. The van der Waals surface area contributed by atoms with Crippen molar-refractivity contribution in [1.29, 1.82) is 0 Å². The van der Waals surface area contributed by atoms with Crippen LogP contribution >= 0.6 is 0 Å². The Hall–Kier alpha value is -2.38. The van der Waals surface area contributed by atoms with Gasteiger partial charge in [-0.3, -0.25) is 15.0 Å². The Morgan fingerprint density at radius 2 is 1.77 bits per heavy atom. The van der Waals surface area contributed by atoms with E-state index in [1.54, 1.807) is 4.90 Å². The van der Waals surface area contributed by atoms with E-state index in [1.807, 2.05) is 6.07 Å². The fourth-order valence-electron chi connectivity index (χ4n) is 5.26. The van der Waals surface area contributed by atoms with Crippen LogP contribution in [0.5, 0.6) is 0 Å². The lowest BCUT2D eigenvalue weighted by atomic mass is 9.96. The Morgan fingerprint density at radius 3 is 2.53 bits per heavy atom. The topological polar surface area (TPSA) is 69.6 Å². The highest BCUT2D eigenvalue weighted by molar-refractivity contribution is 6.06. The number of rotatable bonds is 4. The lowest BCUT2D eigenvalue weighted by Gasteiger charge is -2.36. The number of carbonyl (C=O) groups excluding carboxylic acids is 2. The Kier molecular flexibility index (Phi) is 5.48. The number of hydrogen-bond acceptors (Lipinski definition) is 4. The summed E-state index contributed by atoms with van der Waals surface area (Å²) < 4.78 is 2.42. The zero-order valence-corrected chi connectivity index (χ0v) is 17.5. The molecule has 1 aromatic carbocycles. The second-order valence-electron chi connectivity index (χ2n) is 8.95. The van der Waals surface area contributed by atoms with Crippen molar-refractivity contribution in [3.63, 3.8) is 0 Å². The van der Waals surface area contributed by atoms with Gasteiger partial charge in [-0.25, -0.2) is 4.79 Å². The van der Waals surface area contributed by atoms with Crippen molar-refractivity contribution in [2.75, 3.05) is 44.2 Å². The summed E-state index contributed by atoms with van der Waals surface area (Å²) in [5.74, 6) is 0.658. The van der Waals surface area contributed by atoms with Gasteiger partial charge in [0.2, 0.25) is 5.91 Å². The summed E-state index contributed by atoms with van der Waals surface area (Å²) >= 11 is 0. The molecule has 3 aliphatic rings. The first-order valence-corrected chi connectivity index (χ1v) is 11.3. The smallest absolute Gasteiger partial charge is 0.328 e. The van der Waals surface area contributed by atoms with Crippen molar-refractivity contribution in [2.24, 2.45) is 5.92 Å². The van der Waals surface area contributed by atoms with E-state index in [4.69, 9.17) is 0 Å². The Morgan fingerprint density at radius 1 is 0.967 bits per heavy atom. The van der Waals surface area contributed by atoms with E-state index in [-0.39, 0.29) is 11.9 Å². The van der Waals surface area contributed by atoms with E-state index in [9.17, 15) is 9.59 Å². The van der Waals surface area contributed by atoms with Gasteiger partial charge in [-0.1, -0.05) is 0 Å². The highest BCUT2D eigenvalue weighted by Crippen LogP contribution is 2.31. The molecular weight excluding hydrogens is 378 g/mol. The number of carbonyl (C=O) groups is 2. The second kappa shape index (κ2) is 8.40. The van der Waals surface area contributed by atoms with Gasteiger partial charge < -0.3 is 14.8 Å². The standard InChI is InChI=1S/C23H31N5O2/c29-22-8-14-28(23(30)25-22)20-1-2-21-18(15-20)5-13-27(21)19-6-11-26(12-7-19)16-17-3-9-24-10-4-17/h1-2,5,13,15,17,19,24H,3-4,6-12,14,16H2,(H,25,29,30). The zero-order valence-electron chi connectivity index (χ0n) is 17.5. The molecule has 1 aromatic heterocycles. The van der Waals surface area contributed by atoms with Crippen molar-refractivity contribution < 1.29 is 9.59 Å². The average molecular weight is 410 g/mol. The number of urea groups is 1. The minimum absolute atomic E-state index is 0.199. The number of amides is 3. The summed E-state index contributed by atoms with van der Waals surface area (Å²) in [4.78, 5) is 27.9. The Labute approximate surface area is 177 Å². The molecule has 0 spiro atoms. The zero-order chi connectivity index (χ0) is 20.5. The van der Waals surface area contributed by atoms with Crippen LogP contribution in [0.3, 0.4) is 0 Å². The van der Waals surface area contributed by atoms with E-state index < -0.39 is 0 Å². The van der Waals surface area contributed by atoms with Crippen LogP contribution in [0.25, 0.3) is 10.9 Å². The van der Waals surface area contributed by atoms with Crippen LogP contribution in [0.15, 0.2) is 30.5 Å². The molecule has 160 valence electrons. The van der Waals surface area contributed by atoms with Crippen molar-refractivity contribution in [3.05, 3.63) is 30.5 Å². The fourth-order valence-corrected chi connectivity index (χ4v) is 5.26. The van der Waals surface area contributed by atoms with Crippen molar-refractivity contribution in [2.45, 2.75) is 38.1 Å². The van der Waals surface area contributed by atoms with E-state index in [0.717, 1.165) is 17.0 Å². The molecule has 3 aliphatic heterocycles. The number of anilines is 1. The Bertz CT molecular complexity index is 925. The normalized spacial score (nSPS) is 22.6. The first-order valence-electron chi connectivity index (χ1n) is 11.3. The minimum Gasteiger partial charge on any atom is -0.344 e. The van der Waals surface area contributed by atoms with Crippen LogP contribution in [0.4, 0.5) is 10.5 Å². The van der Waals surface area contributed by atoms with Crippen LogP contribution in [0, 0.1) is 5.92 Å². The fraction of sp³-hybridized carbons (Fsp3) is 0.565. The minimum atomic E-state index is -0.328. The summed E-state index contributed by atoms with van der Waals surface area (Å²) in [6, 6.07) is 8.54. The summed E-state index contributed by atoms with van der Waals surface area (Å²) in [6.07, 6.45) is 7.55. The quantitative estimate of drug-likeness (QED) is 0.815. The van der Waals surface area contributed by atoms with E-state index in [2.05, 4.69) is 44.5 Å². The largest absolute Gasteiger partial charge is 0.344 e. The molecule has 0 saturated carbocycles. The molecule has 2 N–H and O–H groups in total. The number of nitrogens with zero attached hydrogens (tertiary/aromatic N) is 3. The maximum Gasteiger partial charge on any atom is 0.328 e. The molecule has 0 unspecified atom stereocenters. The highest BCUT2D eigenvalue weighted by Gasteiger charge is 2.26. The summed E-state index contributed by atoms with van der Waals surface area (Å²) in [5.41, 5.74) is 2.08. The molecule has 3 amide bonds. The number of nitrogens with one attached hydrogen (secondary N) is 2. The highest BCUT2D eigenvalue weighted by atomic mass is 16.2. The third-order valence-electron chi connectivity index (χ3n) is 7.00. The number of fused-ring (bicyclic) bond motifs is 1. The van der Waals surface area contributed by atoms with Crippen LogP contribution < -0.4 is 15.5 Å². The van der Waals surface area contributed by atoms with Gasteiger partial charge in [-0.05, 0) is 69.0 Å². The SMILES string of the molecule is O=C1CCN(c2ccc3c(ccn3C3CCN(CC4CCNCC4)CC3)c2)C(=O)N1. The van der Waals surface area contributed by atoms with Crippen LogP contribution in [-0.4, -0.2) is 60.7 Å². The van der Waals surface area contributed by atoms with Crippen LogP contribution in [0.1, 0.15) is 38.1 Å². The number of imide groups is 1. The van der Waals surface area contributed by atoms with Crippen molar-refractivity contribution in [3.8, 4) is 0 Å². The molecule has 0 radical (unpaired) electrons. The molecule has 0 bridgehead atoms. The van der Waals surface area contributed by atoms with Crippen LogP contribution in [0.2, 0.25) is 0 Å². The summed E-state index contributed by atoms with van der Waals surface area (Å²) in [7, 11) is 0. The summed E-state index contributed by atoms with van der Waals surface area (Å²) in [6.45, 7) is 6.39. The molecule has 0 aliphatic carbocycles. The molecular formula is C23H31N5O2. The first-order chi connectivity index (χ1) is 14.7. The second-order valence-corrected chi connectivity index (χ2v) is 8.95. The van der Waals surface area contributed by atoms with Gasteiger partial charge in [-0.2, -0.15) is 0 Å². The molecule has 5 rings (SSSR count). The van der Waals surface area contributed by atoms with Gasteiger partial charge in [0.05, 0.1) is 0 Å². The number of hydrogen-bond donors (Lipinski definition) is 2. The molecule has 4 heterocycles. The number of likely N-dealkylation sites (tertiary alicyclic amines) is 1. The number of piperidine rings is 2. The van der Waals surface area contributed by atoms with E-state index >= 15 is 0 Å². The van der Waals surface area contributed by atoms with Crippen molar-refractivity contribution >= 4 is 28.5 Å². The predicted molar refractivity (Wildman–Crippen MR) is 118 cm³/mol. The molecule has 2 aromatic rings. The molecule has 0 atom stereocenters.